The predicted molar refractivity (Wildman–Crippen MR) is 174 cm³/mol. The Labute approximate surface area is 247 Å². The Bertz CT molecular complexity index is 1870. The molecular formula is C39H33N3. The quantitative estimate of drug-likeness (QED) is 0.217. The molecule has 2 aliphatic carbocycles. The van der Waals surface area contributed by atoms with E-state index in [-0.39, 0.29) is 0 Å². The highest BCUT2D eigenvalue weighted by Gasteiger charge is 2.48. The van der Waals surface area contributed by atoms with Crippen LogP contribution in [0, 0.1) is 5.92 Å². The molecule has 0 amide bonds. The maximum atomic E-state index is 6.14. The van der Waals surface area contributed by atoms with Crippen molar-refractivity contribution in [1.82, 2.24) is 4.98 Å². The topological polar surface area (TPSA) is 51.3 Å². The van der Waals surface area contributed by atoms with E-state index in [1.165, 1.54) is 39.0 Å². The third-order valence-electron chi connectivity index (χ3n) is 8.79. The van der Waals surface area contributed by atoms with Gasteiger partial charge in [0, 0.05) is 6.20 Å². The molecule has 1 aromatic heterocycles. The summed E-state index contributed by atoms with van der Waals surface area (Å²) in [5.41, 5.74) is 18.7. The number of aromatic nitrogens is 1. The van der Waals surface area contributed by atoms with Crippen LogP contribution in [0.3, 0.4) is 0 Å². The number of rotatable bonds is 6. The Morgan fingerprint density at radius 2 is 1.50 bits per heavy atom. The van der Waals surface area contributed by atoms with Gasteiger partial charge in [-0.15, -0.1) is 0 Å². The van der Waals surface area contributed by atoms with E-state index in [0.29, 0.717) is 5.92 Å². The molecule has 0 fully saturated rings. The molecule has 204 valence electrons. The molecule has 2 aliphatic rings. The van der Waals surface area contributed by atoms with Crippen molar-refractivity contribution in [2.75, 3.05) is 0 Å². The van der Waals surface area contributed by atoms with Crippen molar-refractivity contribution >= 4 is 6.72 Å². The maximum absolute atomic E-state index is 6.14. The fourth-order valence-corrected chi connectivity index (χ4v) is 6.67. The molecule has 0 bridgehead atoms. The molecule has 0 radical (unpaired) electrons. The van der Waals surface area contributed by atoms with Gasteiger partial charge in [-0.25, -0.2) is 0 Å². The lowest BCUT2D eigenvalue weighted by molar-refractivity contribution is 0.679. The number of hydrogen-bond acceptors (Lipinski definition) is 3. The number of nitrogens with zero attached hydrogens (tertiary/aromatic N) is 2. The van der Waals surface area contributed by atoms with Crippen molar-refractivity contribution in [3.8, 4) is 33.4 Å². The predicted octanol–water partition coefficient (Wildman–Crippen LogP) is 8.91. The van der Waals surface area contributed by atoms with Gasteiger partial charge in [0.15, 0.2) is 0 Å². The summed E-state index contributed by atoms with van der Waals surface area (Å²) >= 11 is 0. The molecule has 1 heterocycles. The van der Waals surface area contributed by atoms with E-state index in [9.17, 15) is 0 Å². The normalized spacial score (nSPS) is 19.5. The van der Waals surface area contributed by atoms with E-state index in [4.69, 9.17) is 10.7 Å². The van der Waals surface area contributed by atoms with E-state index in [1.807, 2.05) is 24.4 Å². The van der Waals surface area contributed by atoms with Crippen LogP contribution < -0.4 is 5.73 Å². The zero-order valence-electron chi connectivity index (χ0n) is 23.7. The molecule has 3 atom stereocenters. The first kappa shape index (κ1) is 26.1. The molecule has 3 unspecified atom stereocenters. The van der Waals surface area contributed by atoms with E-state index < -0.39 is 11.6 Å². The van der Waals surface area contributed by atoms with E-state index >= 15 is 0 Å². The lowest BCUT2D eigenvalue weighted by Gasteiger charge is -2.35. The van der Waals surface area contributed by atoms with Crippen molar-refractivity contribution in [3.63, 3.8) is 0 Å². The van der Waals surface area contributed by atoms with Gasteiger partial charge in [-0.1, -0.05) is 104 Å². The summed E-state index contributed by atoms with van der Waals surface area (Å²) in [6.45, 7) is 5.89. The highest BCUT2D eigenvalue weighted by molar-refractivity contribution is 5.89. The van der Waals surface area contributed by atoms with Gasteiger partial charge < -0.3 is 5.73 Å². The smallest absolute Gasteiger partial charge is 0.122 e. The molecule has 0 saturated carbocycles. The lowest BCUT2D eigenvalue weighted by Crippen LogP contribution is -2.31. The number of aliphatic imine (C=N–C) groups is 1. The Morgan fingerprint density at radius 1 is 0.786 bits per heavy atom. The molecule has 4 aromatic carbocycles. The molecule has 0 aliphatic heterocycles. The third-order valence-corrected chi connectivity index (χ3v) is 8.79. The first-order valence-corrected chi connectivity index (χ1v) is 14.6. The summed E-state index contributed by atoms with van der Waals surface area (Å²) in [6.07, 6.45) is 9.60. The van der Waals surface area contributed by atoms with Crippen LogP contribution in [-0.2, 0) is 5.41 Å². The van der Waals surface area contributed by atoms with Crippen molar-refractivity contribution in [1.29, 1.82) is 0 Å². The molecular weight excluding hydrogens is 510 g/mol. The minimum absolute atomic E-state index is 0.429. The van der Waals surface area contributed by atoms with Crippen LogP contribution in [-0.4, -0.2) is 11.7 Å². The van der Waals surface area contributed by atoms with Crippen LogP contribution in [0.5, 0.6) is 0 Å². The Balaban J connectivity index is 1.39. The zero-order valence-corrected chi connectivity index (χ0v) is 23.7. The monoisotopic (exact) mass is 543 g/mol. The van der Waals surface area contributed by atoms with Crippen LogP contribution in [0.4, 0.5) is 0 Å². The van der Waals surface area contributed by atoms with Crippen LogP contribution in [0.1, 0.15) is 41.9 Å². The fourth-order valence-electron chi connectivity index (χ4n) is 6.67. The largest absolute Gasteiger partial charge is 0.306 e. The first-order valence-electron chi connectivity index (χ1n) is 14.6. The third kappa shape index (κ3) is 4.17. The number of fused-ring (bicyclic) bond motifs is 3. The van der Waals surface area contributed by atoms with Crippen LogP contribution in [0.15, 0.2) is 144 Å². The number of benzene rings is 4. The van der Waals surface area contributed by atoms with E-state index in [1.54, 1.807) is 0 Å². The molecule has 3 heteroatoms. The lowest BCUT2D eigenvalue weighted by atomic mass is 9.67. The summed E-state index contributed by atoms with van der Waals surface area (Å²) in [7, 11) is 0. The highest BCUT2D eigenvalue weighted by Crippen LogP contribution is 2.57. The Kier molecular flexibility index (Phi) is 6.53. The SMILES string of the molecule is C=NC(N)c1cccc(-c2cccc(-c3ccc4c(c3)-c3ccccc3C4(C3=CCC(C)C=C3)c3ccccn3)c2)c1. The average molecular weight is 544 g/mol. The van der Waals surface area contributed by atoms with Gasteiger partial charge in [-0.2, -0.15) is 0 Å². The van der Waals surface area contributed by atoms with Gasteiger partial charge in [-0.3, -0.25) is 9.98 Å². The number of allylic oxidation sites excluding steroid dienone is 4. The maximum Gasteiger partial charge on any atom is 0.122 e. The van der Waals surface area contributed by atoms with Crippen molar-refractivity contribution in [3.05, 3.63) is 162 Å². The number of nitrogens with two attached hydrogens (primary N) is 1. The number of hydrogen-bond donors (Lipinski definition) is 1. The molecule has 7 rings (SSSR count). The second-order valence-electron chi connectivity index (χ2n) is 11.3. The van der Waals surface area contributed by atoms with Gasteiger partial charge in [0.2, 0.25) is 0 Å². The van der Waals surface area contributed by atoms with Crippen LogP contribution >= 0.6 is 0 Å². The molecule has 5 aromatic rings. The van der Waals surface area contributed by atoms with Crippen molar-refractivity contribution in [2.45, 2.75) is 24.9 Å². The second-order valence-corrected chi connectivity index (χ2v) is 11.3. The van der Waals surface area contributed by atoms with Gasteiger partial charge in [0.05, 0.1) is 11.1 Å². The van der Waals surface area contributed by atoms with Gasteiger partial charge in [0.25, 0.3) is 0 Å². The van der Waals surface area contributed by atoms with Gasteiger partial charge in [0.1, 0.15) is 6.17 Å². The van der Waals surface area contributed by atoms with E-state index in [0.717, 1.165) is 28.8 Å². The Morgan fingerprint density at radius 3 is 2.24 bits per heavy atom. The average Bonchev–Trinajstić information content (AvgIpc) is 3.36. The zero-order chi connectivity index (χ0) is 28.7. The molecule has 3 nitrogen and oxygen atoms in total. The molecule has 0 saturated heterocycles. The standard InChI is InChI=1S/C39H33N3/c1-26-16-19-32(20-17-26)39(37-15-5-6-22-42-37)35-14-4-3-13-33(35)34-25-30(18-21-36(34)39)28-10-7-9-27(23-28)29-11-8-12-31(24-29)38(40)41-2/h3-16,18-26,38H,2,17,40H2,1H3. The van der Waals surface area contributed by atoms with Gasteiger partial charge in [-0.05, 0) is 105 Å². The van der Waals surface area contributed by atoms with Crippen LogP contribution in [0.25, 0.3) is 33.4 Å². The molecule has 42 heavy (non-hydrogen) atoms. The van der Waals surface area contributed by atoms with Crippen molar-refractivity contribution < 1.29 is 0 Å². The summed E-state index contributed by atoms with van der Waals surface area (Å²) < 4.78 is 0. The molecule has 2 N–H and O–H groups in total. The Hall–Kier alpha value is -4.86. The first-order chi connectivity index (χ1) is 20.6. The summed E-state index contributed by atoms with van der Waals surface area (Å²) in [6, 6.07) is 39.1. The second kappa shape index (κ2) is 10.5. The minimum Gasteiger partial charge on any atom is -0.306 e. The summed E-state index contributed by atoms with van der Waals surface area (Å²) in [4.78, 5) is 8.98. The van der Waals surface area contributed by atoms with Crippen LogP contribution in [0.2, 0.25) is 0 Å². The van der Waals surface area contributed by atoms with E-state index in [2.05, 4.69) is 128 Å². The number of pyridine rings is 1. The molecule has 0 spiro atoms. The van der Waals surface area contributed by atoms with Crippen molar-refractivity contribution in [2.24, 2.45) is 16.6 Å². The minimum atomic E-state index is -0.456. The van der Waals surface area contributed by atoms with Gasteiger partial charge >= 0.3 is 0 Å². The summed E-state index contributed by atoms with van der Waals surface area (Å²) in [5, 5.41) is 0. The highest BCUT2D eigenvalue weighted by atomic mass is 14.9. The summed E-state index contributed by atoms with van der Waals surface area (Å²) in [5.74, 6) is 0.532. The fraction of sp³-hybridized carbons (Fsp3) is 0.128.